The first kappa shape index (κ1) is 20.9. The number of fused-ring (bicyclic) bond motifs is 1. The predicted molar refractivity (Wildman–Crippen MR) is 118 cm³/mol. The van der Waals surface area contributed by atoms with Gasteiger partial charge in [-0.25, -0.2) is 0 Å². The molecular formula is C25H30N2O2. The average Bonchev–Trinajstić information content (AvgIpc) is 2.74. The van der Waals surface area contributed by atoms with E-state index in [9.17, 15) is 10.1 Å². The van der Waals surface area contributed by atoms with Crippen molar-refractivity contribution in [3.8, 4) is 11.8 Å². The Balaban J connectivity index is 1.86. The summed E-state index contributed by atoms with van der Waals surface area (Å²) < 4.78 is 5.94. The maximum absolute atomic E-state index is 12.7. The molecule has 0 spiro atoms. The molecule has 0 aliphatic heterocycles. The molecule has 0 radical (unpaired) electrons. The van der Waals surface area contributed by atoms with Crippen LogP contribution in [-0.4, -0.2) is 18.6 Å². The zero-order valence-electron chi connectivity index (χ0n) is 17.4. The van der Waals surface area contributed by atoms with E-state index >= 15 is 0 Å². The van der Waals surface area contributed by atoms with Gasteiger partial charge in [-0.3, -0.25) is 4.79 Å². The van der Waals surface area contributed by atoms with Crippen molar-refractivity contribution in [1.82, 2.24) is 5.32 Å². The molecule has 1 aliphatic rings. The van der Waals surface area contributed by atoms with Crippen LogP contribution in [0.3, 0.4) is 0 Å². The molecule has 1 N–H and O–H groups in total. The monoisotopic (exact) mass is 390 g/mol. The predicted octanol–water partition coefficient (Wildman–Crippen LogP) is 5.62. The maximum atomic E-state index is 12.7. The fraction of sp³-hybridized carbons (Fsp3) is 0.440. The van der Waals surface area contributed by atoms with Crippen molar-refractivity contribution in [2.45, 2.75) is 58.4 Å². The van der Waals surface area contributed by atoms with Gasteiger partial charge in [0.05, 0.1) is 6.61 Å². The van der Waals surface area contributed by atoms with Crippen molar-refractivity contribution in [1.29, 1.82) is 5.26 Å². The second-order valence-corrected chi connectivity index (χ2v) is 7.91. The third-order valence-corrected chi connectivity index (χ3v) is 5.77. The Labute approximate surface area is 173 Å². The number of benzene rings is 2. The van der Waals surface area contributed by atoms with E-state index in [0.29, 0.717) is 12.5 Å². The highest BCUT2D eigenvalue weighted by molar-refractivity contribution is 6.04. The molecule has 0 unspecified atom stereocenters. The lowest BCUT2D eigenvalue weighted by Crippen LogP contribution is -2.41. The fourth-order valence-electron chi connectivity index (χ4n) is 3.95. The number of hydrogen-bond acceptors (Lipinski definition) is 3. The lowest BCUT2D eigenvalue weighted by molar-refractivity contribution is -0.118. The van der Waals surface area contributed by atoms with Crippen LogP contribution >= 0.6 is 0 Å². The van der Waals surface area contributed by atoms with Crippen LogP contribution in [0.25, 0.3) is 16.8 Å². The molecular weight excluding hydrogens is 360 g/mol. The SMILES string of the molecule is CCCCOc1ccc(/C=C(\C#N)C(=O)N[C@H]2CCCC[C@H]2C)c2ccccc12. The molecule has 4 heteroatoms. The van der Waals surface area contributed by atoms with Crippen LogP contribution in [0.15, 0.2) is 42.0 Å². The second kappa shape index (κ2) is 10.1. The maximum Gasteiger partial charge on any atom is 0.262 e. The number of amides is 1. The number of carbonyl (C=O) groups is 1. The molecule has 3 rings (SSSR count). The molecule has 0 saturated heterocycles. The van der Waals surface area contributed by atoms with Gasteiger partial charge in [-0.05, 0) is 48.3 Å². The number of nitrogens with zero attached hydrogens (tertiary/aromatic N) is 1. The summed E-state index contributed by atoms with van der Waals surface area (Å²) in [6.45, 7) is 4.99. The molecule has 4 nitrogen and oxygen atoms in total. The Morgan fingerprint density at radius 1 is 1.21 bits per heavy atom. The molecule has 1 saturated carbocycles. The number of rotatable bonds is 7. The number of hydrogen-bond donors (Lipinski definition) is 1. The van der Waals surface area contributed by atoms with Crippen molar-refractivity contribution in [2.75, 3.05) is 6.61 Å². The molecule has 0 aromatic heterocycles. The van der Waals surface area contributed by atoms with Gasteiger partial charge in [-0.15, -0.1) is 0 Å². The minimum atomic E-state index is -0.279. The van der Waals surface area contributed by atoms with Gasteiger partial charge in [-0.2, -0.15) is 5.26 Å². The van der Waals surface area contributed by atoms with Gasteiger partial charge in [0.15, 0.2) is 0 Å². The van der Waals surface area contributed by atoms with E-state index in [-0.39, 0.29) is 17.5 Å². The van der Waals surface area contributed by atoms with Gasteiger partial charge in [0.2, 0.25) is 0 Å². The molecule has 0 heterocycles. The van der Waals surface area contributed by atoms with Crippen LogP contribution < -0.4 is 10.1 Å². The Kier molecular flexibility index (Phi) is 7.30. The first-order chi connectivity index (χ1) is 14.1. The highest BCUT2D eigenvalue weighted by Gasteiger charge is 2.24. The van der Waals surface area contributed by atoms with Crippen LogP contribution in [0, 0.1) is 17.2 Å². The van der Waals surface area contributed by atoms with E-state index in [1.165, 1.54) is 6.42 Å². The third-order valence-electron chi connectivity index (χ3n) is 5.77. The summed E-state index contributed by atoms with van der Waals surface area (Å²) in [4.78, 5) is 12.7. The summed E-state index contributed by atoms with van der Waals surface area (Å²) in [5, 5.41) is 14.7. The largest absolute Gasteiger partial charge is 0.493 e. The molecule has 29 heavy (non-hydrogen) atoms. The lowest BCUT2D eigenvalue weighted by atomic mass is 9.86. The second-order valence-electron chi connectivity index (χ2n) is 7.91. The smallest absolute Gasteiger partial charge is 0.262 e. The van der Waals surface area contributed by atoms with Gasteiger partial charge in [-0.1, -0.05) is 63.4 Å². The first-order valence-corrected chi connectivity index (χ1v) is 10.7. The van der Waals surface area contributed by atoms with E-state index < -0.39 is 0 Å². The Bertz CT molecular complexity index is 926. The quantitative estimate of drug-likeness (QED) is 0.379. The van der Waals surface area contributed by atoms with Gasteiger partial charge in [0.1, 0.15) is 17.4 Å². The van der Waals surface area contributed by atoms with Crippen LogP contribution in [-0.2, 0) is 4.79 Å². The Morgan fingerprint density at radius 3 is 2.69 bits per heavy atom. The minimum absolute atomic E-state index is 0.146. The zero-order chi connectivity index (χ0) is 20.6. The third kappa shape index (κ3) is 5.17. The van der Waals surface area contributed by atoms with Crippen LogP contribution in [0.2, 0.25) is 0 Å². The van der Waals surface area contributed by atoms with Gasteiger partial charge < -0.3 is 10.1 Å². The van der Waals surface area contributed by atoms with Gasteiger partial charge >= 0.3 is 0 Å². The number of unbranched alkanes of at least 4 members (excludes halogenated alkanes) is 1. The summed E-state index contributed by atoms with van der Waals surface area (Å²) >= 11 is 0. The summed E-state index contributed by atoms with van der Waals surface area (Å²) in [6, 6.07) is 14.1. The topological polar surface area (TPSA) is 62.1 Å². The van der Waals surface area contributed by atoms with Gasteiger partial charge in [0.25, 0.3) is 5.91 Å². The molecule has 0 bridgehead atoms. The van der Waals surface area contributed by atoms with Crippen molar-refractivity contribution < 1.29 is 9.53 Å². The van der Waals surface area contributed by atoms with E-state index in [4.69, 9.17) is 4.74 Å². The van der Waals surface area contributed by atoms with Crippen molar-refractivity contribution in [2.24, 2.45) is 5.92 Å². The van der Waals surface area contributed by atoms with Crippen LogP contribution in [0.5, 0.6) is 5.75 Å². The number of nitrogens with one attached hydrogen (secondary N) is 1. The Hall–Kier alpha value is -2.80. The fourth-order valence-corrected chi connectivity index (χ4v) is 3.95. The standard InChI is InChI=1S/C25H30N2O2/c1-3-4-15-29-24-14-13-19(21-10-6-7-11-22(21)24)16-20(17-26)25(28)27-23-12-8-5-9-18(23)2/h6-7,10-11,13-14,16,18,23H,3-5,8-9,12,15H2,1-2H3,(H,27,28)/b20-16+/t18-,23+/m1/s1. The molecule has 152 valence electrons. The summed E-state index contributed by atoms with van der Waals surface area (Å²) in [5.74, 6) is 1.01. The first-order valence-electron chi connectivity index (χ1n) is 10.7. The van der Waals surface area contributed by atoms with E-state index in [0.717, 1.165) is 54.2 Å². The highest BCUT2D eigenvalue weighted by Crippen LogP contribution is 2.30. The minimum Gasteiger partial charge on any atom is -0.493 e. The van der Waals surface area contributed by atoms with Crippen LogP contribution in [0.4, 0.5) is 0 Å². The van der Waals surface area contributed by atoms with E-state index in [1.807, 2.05) is 36.4 Å². The van der Waals surface area contributed by atoms with Crippen molar-refractivity contribution >= 4 is 22.8 Å². The molecule has 2 aromatic carbocycles. The molecule has 1 aliphatic carbocycles. The highest BCUT2D eigenvalue weighted by atomic mass is 16.5. The number of ether oxygens (including phenoxy) is 1. The molecule has 2 atom stereocenters. The Morgan fingerprint density at radius 2 is 1.97 bits per heavy atom. The normalized spacial score (nSPS) is 19.6. The average molecular weight is 391 g/mol. The van der Waals surface area contributed by atoms with Crippen molar-refractivity contribution in [3.63, 3.8) is 0 Å². The van der Waals surface area contributed by atoms with Gasteiger partial charge in [0, 0.05) is 11.4 Å². The molecule has 2 aromatic rings. The molecule has 1 fully saturated rings. The molecule has 1 amide bonds. The van der Waals surface area contributed by atoms with E-state index in [1.54, 1.807) is 6.08 Å². The summed E-state index contributed by atoms with van der Waals surface area (Å²) in [6.07, 6.45) is 8.24. The van der Waals surface area contributed by atoms with Crippen LogP contribution in [0.1, 0.15) is 57.9 Å². The zero-order valence-corrected chi connectivity index (χ0v) is 17.4. The lowest BCUT2D eigenvalue weighted by Gasteiger charge is -2.29. The number of nitriles is 1. The summed E-state index contributed by atoms with van der Waals surface area (Å²) in [5.41, 5.74) is 0.999. The number of carbonyl (C=O) groups excluding carboxylic acids is 1. The van der Waals surface area contributed by atoms with E-state index in [2.05, 4.69) is 25.2 Å². The van der Waals surface area contributed by atoms with Crippen molar-refractivity contribution in [3.05, 3.63) is 47.5 Å². The summed E-state index contributed by atoms with van der Waals surface area (Å²) in [7, 11) is 0.